The first-order valence-corrected chi connectivity index (χ1v) is 4.19. The first-order chi connectivity index (χ1) is 3.41. The molecule has 0 aromatic heterocycles. The smallest absolute Gasteiger partial charge is 0.153 e. The number of hydrogen-bond donors (Lipinski definition) is 0. The Morgan fingerprint density at radius 2 is 1.75 bits per heavy atom. The van der Waals surface area contributed by atoms with Gasteiger partial charge in [0.05, 0.1) is 0 Å². The third-order valence-electron chi connectivity index (χ3n) is 0.979. The molecule has 0 fully saturated rings. The minimum atomic E-state index is 0. The summed E-state index contributed by atoms with van der Waals surface area (Å²) >= 11 is 2.67. The molecule has 0 amide bonds. The van der Waals surface area contributed by atoms with Gasteiger partial charge in [-0.05, 0) is 0 Å². The van der Waals surface area contributed by atoms with E-state index in [4.69, 9.17) is 0 Å². The monoisotopic (exact) mass is 221 g/mol. The second-order valence-electron chi connectivity index (χ2n) is 1.74. The van der Waals surface area contributed by atoms with Crippen LogP contribution in [0.4, 0.5) is 0 Å². The molecule has 0 nitrogen and oxygen atoms in total. The van der Waals surface area contributed by atoms with Gasteiger partial charge in [-0.15, -0.1) is 0 Å². The topological polar surface area (TPSA) is 0 Å². The van der Waals surface area contributed by atoms with E-state index in [1.807, 2.05) is 0 Å². The molecule has 0 rings (SSSR count). The summed E-state index contributed by atoms with van der Waals surface area (Å²) in [6.45, 7) is 2.24. The Bertz CT molecular complexity index is 27.7. The van der Waals surface area contributed by atoms with Gasteiger partial charge in [0.2, 0.25) is 0 Å². The summed E-state index contributed by atoms with van der Waals surface area (Å²) in [7, 11) is 0. The number of hydrogen-bond acceptors (Lipinski definition) is 0. The quantitative estimate of drug-likeness (QED) is 0.388. The predicted molar refractivity (Wildman–Crippen MR) is 40.1 cm³/mol. The molecular weight excluding hydrogens is 204 g/mol. The minimum Gasteiger partial charge on any atom is -0.153 e. The van der Waals surface area contributed by atoms with Crippen molar-refractivity contribution in [3.05, 3.63) is 0 Å². The van der Waals surface area contributed by atoms with Gasteiger partial charge >= 0.3 is 55.9 Å². The van der Waals surface area contributed by atoms with Gasteiger partial charge < -0.3 is 0 Å². The van der Waals surface area contributed by atoms with E-state index in [2.05, 4.69) is 25.2 Å². The van der Waals surface area contributed by atoms with Crippen LogP contribution in [-0.4, -0.2) is 0 Å². The maximum Gasteiger partial charge on any atom is -0.153 e. The van der Waals surface area contributed by atoms with Gasteiger partial charge in [0.15, 0.2) is 0 Å². The maximum absolute atomic E-state index is 2.67. The van der Waals surface area contributed by atoms with Crippen molar-refractivity contribution in [1.82, 2.24) is 0 Å². The Balaban J connectivity index is 0. The summed E-state index contributed by atoms with van der Waals surface area (Å²) in [6.07, 6.45) is 5.58. The second-order valence-corrected chi connectivity index (χ2v) is 2.61. The van der Waals surface area contributed by atoms with Crippen molar-refractivity contribution in [3.63, 3.8) is 0 Å². The van der Waals surface area contributed by atoms with Gasteiger partial charge in [-0.1, -0.05) is 0 Å². The summed E-state index contributed by atoms with van der Waals surface area (Å²) in [5.41, 5.74) is 0. The molecule has 0 aliphatic rings. The molecule has 0 spiro atoms. The van der Waals surface area contributed by atoms with Crippen molar-refractivity contribution in [1.29, 1.82) is 0 Å². The van der Waals surface area contributed by atoms with E-state index < -0.39 is 0 Å². The van der Waals surface area contributed by atoms with Gasteiger partial charge in [0.1, 0.15) is 0 Å². The van der Waals surface area contributed by atoms with Gasteiger partial charge in [-0.25, -0.2) is 0 Å². The molecule has 0 aliphatic heterocycles. The summed E-state index contributed by atoms with van der Waals surface area (Å²) in [4.78, 5) is 0. The molecule has 8 heavy (non-hydrogen) atoms. The fourth-order valence-electron chi connectivity index (χ4n) is 0.515. The Hall–Kier alpha value is 1.05. The Morgan fingerprint density at radius 1 is 1.12 bits per heavy atom. The molecule has 0 aromatic rings. The van der Waals surface area contributed by atoms with Crippen LogP contribution >= 0.6 is 9.90 Å². The summed E-state index contributed by atoms with van der Waals surface area (Å²) in [5, 5.41) is 1.29. The number of rotatable bonds is 4. The zero-order valence-electron chi connectivity index (χ0n) is 5.60. The fraction of sp³-hybridized carbons (Fsp3) is 1.00. The maximum atomic E-state index is 2.67. The standard InChI is InChI=1S/C6H13.H3P.Ru/c1-3-5-6-4-2;;/h1,3-6H2,2H3;1H3;. The van der Waals surface area contributed by atoms with Crippen LogP contribution in [0.3, 0.4) is 0 Å². The largest absolute Gasteiger partial charge is 0.153 e. The second kappa shape index (κ2) is 10.9. The van der Waals surface area contributed by atoms with Crippen LogP contribution in [0.25, 0.3) is 0 Å². The van der Waals surface area contributed by atoms with Crippen molar-refractivity contribution in [2.24, 2.45) is 0 Å². The average molecular weight is 220 g/mol. The van der Waals surface area contributed by atoms with Crippen molar-refractivity contribution < 1.29 is 18.3 Å². The van der Waals surface area contributed by atoms with E-state index in [-0.39, 0.29) is 9.90 Å². The zero-order chi connectivity index (χ0) is 5.54. The Labute approximate surface area is 66.1 Å². The molecule has 53 valence electrons. The molecular formula is C6H16PRu. The van der Waals surface area contributed by atoms with E-state index >= 15 is 0 Å². The molecule has 0 aliphatic carbocycles. The van der Waals surface area contributed by atoms with Crippen LogP contribution in [0.15, 0.2) is 0 Å². The molecule has 2 heteroatoms. The summed E-state index contributed by atoms with van der Waals surface area (Å²) in [5.74, 6) is 0. The summed E-state index contributed by atoms with van der Waals surface area (Å²) in [6, 6.07) is 0. The predicted octanol–water partition coefficient (Wildman–Crippen LogP) is 2.59. The van der Waals surface area contributed by atoms with Crippen molar-refractivity contribution in [2.45, 2.75) is 37.6 Å². The molecule has 0 heterocycles. The first kappa shape index (κ1) is 11.8. The first-order valence-electron chi connectivity index (χ1n) is 2.96. The van der Waals surface area contributed by atoms with Crippen molar-refractivity contribution in [2.75, 3.05) is 0 Å². The van der Waals surface area contributed by atoms with Crippen LogP contribution in [-0.2, 0) is 18.3 Å². The molecule has 1 atom stereocenters. The van der Waals surface area contributed by atoms with E-state index in [1.54, 1.807) is 0 Å². The van der Waals surface area contributed by atoms with E-state index in [9.17, 15) is 0 Å². The van der Waals surface area contributed by atoms with Crippen molar-refractivity contribution >= 4 is 9.90 Å². The molecule has 0 saturated heterocycles. The Kier molecular flexibility index (Phi) is 16.1. The van der Waals surface area contributed by atoms with Crippen LogP contribution < -0.4 is 0 Å². The van der Waals surface area contributed by atoms with E-state index in [0.717, 1.165) is 0 Å². The van der Waals surface area contributed by atoms with Crippen LogP contribution in [0.1, 0.15) is 32.6 Å². The fourth-order valence-corrected chi connectivity index (χ4v) is 0.950. The van der Waals surface area contributed by atoms with Crippen LogP contribution in [0, 0.1) is 0 Å². The third-order valence-corrected chi connectivity index (χ3v) is 1.59. The zero-order valence-corrected chi connectivity index (χ0v) is 8.75. The number of unbranched alkanes of at least 4 members (excludes halogenated alkanes) is 3. The van der Waals surface area contributed by atoms with Crippen molar-refractivity contribution in [3.8, 4) is 0 Å². The normalized spacial score (nSPS) is 8.25. The molecule has 0 aromatic carbocycles. The van der Waals surface area contributed by atoms with Gasteiger partial charge in [0.25, 0.3) is 0 Å². The SMILES string of the molecule is CCCCC[CH2][Ru].P. The molecule has 1 unspecified atom stereocenters. The van der Waals surface area contributed by atoms with E-state index in [1.165, 1.54) is 30.7 Å². The summed E-state index contributed by atoms with van der Waals surface area (Å²) < 4.78 is 0. The molecule has 0 saturated carbocycles. The van der Waals surface area contributed by atoms with Gasteiger partial charge in [-0.3, -0.25) is 0 Å². The minimum absolute atomic E-state index is 0. The molecule has 0 N–H and O–H groups in total. The van der Waals surface area contributed by atoms with Gasteiger partial charge in [-0.2, -0.15) is 9.90 Å². The van der Waals surface area contributed by atoms with Crippen LogP contribution in [0.2, 0.25) is 5.02 Å². The third kappa shape index (κ3) is 10.1. The Morgan fingerprint density at radius 3 is 2.12 bits per heavy atom. The molecule has 0 bridgehead atoms. The average Bonchev–Trinajstić information content (AvgIpc) is 1.69. The van der Waals surface area contributed by atoms with Crippen LogP contribution in [0.5, 0.6) is 0 Å². The van der Waals surface area contributed by atoms with E-state index in [0.29, 0.717) is 0 Å². The molecule has 0 radical (unpaired) electrons. The van der Waals surface area contributed by atoms with Gasteiger partial charge in [0, 0.05) is 0 Å².